The first-order valence-corrected chi connectivity index (χ1v) is 9.12. The quantitative estimate of drug-likeness (QED) is 0.638. The molecule has 0 saturated carbocycles. The van der Waals surface area contributed by atoms with Crippen LogP contribution in [-0.4, -0.2) is 43.1 Å². The van der Waals surface area contributed by atoms with E-state index in [2.05, 4.69) is 31.3 Å². The molecule has 0 aliphatic carbocycles. The second kappa shape index (κ2) is 8.71. The zero-order chi connectivity index (χ0) is 20.1. The fourth-order valence-electron chi connectivity index (χ4n) is 2.86. The lowest BCUT2D eigenvalue weighted by Gasteiger charge is -2.09. The molecule has 0 aliphatic rings. The first kappa shape index (κ1) is 19.6. The highest BCUT2D eigenvalue weighted by Crippen LogP contribution is 2.25. The highest BCUT2D eigenvalue weighted by atomic mass is 16.5. The molecule has 0 bridgehead atoms. The summed E-state index contributed by atoms with van der Waals surface area (Å²) in [5, 5.41) is 7.58. The smallest absolute Gasteiger partial charge is 0.270 e. The minimum Gasteiger partial charge on any atom is -0.497 e. The van der Waals surface area contributed by atoms with Gasteiger partial charge < -0.3 is 14.8 Å². The molecule has 3 aromatic rings. The van der Waals surface area contributed by atoms with Crippen molar-refractivity contribution in [2.75, 3.05) is 27.4 Å². The van der Waals surface area contributed by atoms with Gasteiger partial charge in [-0.05, 0) is 61.4 Å². The summed E-state index contributed by atoms with van der Waals surface area (Å²) in [5.41, 5.74) is 5.37. The molecule has 28 heavy (non-hydrogen) atoms. The highest BCUT2D eigenvalue weighted by molar-refractivity contribution is 5.94. The van der Waals surface area contributed by atoms with Crippen molar-refractivity contribution in [3.63, 3.8) is 0 Å². The Morgan fingerprint density at radius 3 is 2.43 bits per heavy atom. The van der Waals surface area contributed by atoms with Gasteiger partial charge >= 0.3 is 0 Å². The summed E-state index contributed by atoms with van der Waals surface area (Å²) < 4.78 is 11.9. The number of benzene rings is 2. The van der Waals surface area contributed by atoms with Crippen LogP contribution in [-0.2, 0) is 4.74 Å². The van der Waals surface area contributed by atoms with Crippen molar-refractivity contribution in [3.8, 4) is 22.7 Å². The van der Waals surface area contributed by atoms with Crippen molar-refractivity contribution in [3.05, 3.63) is 65.4 Å². The molecule has 1 N–H and O–H groups in total. The largest absolute Gasteiger partial charge is 0.497 e. The molecule has 3 rings (SSSR count). The Morgan fingerprint density at radius 1 is 1.04 bits per heavy atom. The molecule has 0 fully saturated rings. The van der Waals surface area contributed by atoms with Crippen LogP contribution in [0.25, 0.3) is 16.9 Å². The number of hydrogen-bond acceptors (Lipinski definition) is 4. The zero-order valence-corrected chi connectivity index (χ0v) is 16.7. The van der Waals surface area contributed by atoms with E-state index in [9.17, 15) is 4.79 Å². The number of rotatable bonds is 7. The zero-order valence-electron chi connectivity index (χ0n) is 16.7. The summed E-state index contributed by atoms with van der Waals surface area (Å²) >= 11 is 0. The third kappa shape index (κ3) is 4.23. The lowest BCUT2D eigenvalue weighted by atomic mass is 10.0. The number of methoxy groups -OCH3 is 2. The molecule has 0 unspecified atom stereocenters. The van der Waals surface area contributed by atoms with Crippen LogP contribution in [0.4, 0.5) is 0 Å². The number of aromatic nitrogens is 2. The van der Waals surface area contributed by atoms with E-state index in [1.165, 1.54) is 11.1 Å². The maximum absolute atomic E-state index is 12.8. The summed E-state index contributed by atoms with van der Waals surface area (Å²) in [6, 6.07) is 15.4. The van der Waals surface area contributed by atoms with Crippen molar-refractivity contribution in [2.45, 2.75) is 13.8 Å². The fraction of sp³-hybridized carbons (Fsp3) is 0.273. The standard InChI is InChI=1S/C22H25N3O3/c1-15-5-6-17(13-16(15)2)20-14-21(22(26)23-11-12-27-3)25(24-20)18-7-9-19(28-4)10-8-18/h5-10,13-14H,11-12H2,1-4H3,(H,23,26). The van der Waals surface area contributed by atoms with E-state index in [0.717, 1.165) is 22.7 Å². The summed E-state index contributed by atoms with van der Waals surface area (Å²) in [6.45, 7) is 5.02. The normalized spacial score (nSPS) is 10.7. The van der Waals surface area contributed by atoms with Gasteiger partial charge in [-0.3, -0.25) is 4.79 Å². The van der Waals surface area contributed by atoms with E-state index in [1.807, 2.05) is 36.4 Å². The monoisotopic (exact) mass is 379 g/mol. The van der Waals surface area contributed by atoms with Gasteiger partial charge in [-0.2, -0.15) is 5.10 Å². The van der Waals surface area contributed by atoms with Gasteiger partial charge in [0.2, 0.25) is 0 Å². The van der Waals surface area contributed by atoms with Gasteiger partial charge in [0.25, 0.3) is 5.91 Å². The molecular formula is C22H25N3O3. The van der Waals surface area contributed by atoms with Crippen LogP contribution in [0.1, 0.15) is 21.6 Å². The lowest BCUT2D eigenvalue weighted by molar-refractivity contribution is 0.0929. The van der Waals surface area contributed by atoms with Gasteiger partial charge in [0.15, 0.2) is 0 Å². The third-order valence-corrected chi connectivity index (χ3v) is 4.65. The van der Waals surface area contributed by atoms with Crippen molar-refractivity contribution in [1.82, 2.24) is 15.1 Å². The number of carbonyl (C=O) groups excluding carboxylic acids is 1. The molecule has 1 aromatic heterocycles. The molecule has 0 saturated heterocycles. The van der Waals surface area contributed by atoms with Gasteiger partial charge in [0.1, 0.15) is 11.4 Å². The van der Waals surface area contributed by atoms with E-state index in [4.69, 9.17) is 14.6 Å². The second-order valence-electron chi connectivity index (χ2n) is 6.57. The van der Waals surface area contributed by atoms with E-state index in [0.29, 0.717) is 18.8 Å². The van der Waals surface area contributed by atoms with Gasteiger partial charge in [0, 0.05) is 19.2 Å². The van der Waals surface area contributed by atoms with E-state index in [-0.39, 0.29) is 5.91 Å². The van der Waals surface area contributed by atoms with Crippen LogP contribution in [0, 0.1) is 13.8 Å². The maximum Gasteiger partial charge on any atom is 0.270 e. The number of nitrogens with zero attached hydrogens (tertiary/aromatic N) is 2. The summed E-state index contributed by atoms with van der Waals surface area (Å²) in [4.78, 5) is 12.8. The van der Waals surface area contributed by atoms with Gasteiger partial charge in [-0.15, -0.1) is 0 Å². The molecule has 2 aromatic carbocycles. The Hall–Kier alpha value is -3.12. The van der Waals surface area contributed by atoms with Crippen LogP contribution in [0.2, 0.25) is 0 Å². The maximum atomic E-state index is 12.8. The number of amides is 1. The summed E-state index contributed by atoms with van der Waals surface area (Å²) in [6.07, 6.45) is 0. The van der Waals surface area contributed by atoms with Crippen LogP contribution < -0.4 is 10.1 Å². The number of ether oxygens (including phenoxy) is 2. The Morgan fingerprint density at radius 2 is 1.79 bits per heavy atom. The van der Waals surface area contributed by atoms with Crippen LogP contribution in [0.15, 0.2) is 48.5 Å². The van der Waals surface area contributed by atoms with Crippen molar-refractivity contribution in [2.24, 2.45) is 0 Å². The first-order valence-electron chi connectivity index (χ1n) is 9.12. The highest BCUT2D eigenvalue weighted by Gasteiger charge is 2.18. The van der Waals surface area contributed by atoms with Gasteiger partial charge in [-0.25, -0.2) is 4.68 Å². The van der Waals surface area contributed by atoms with Crippen LogP contribution >= 0.6 is 0 Å². The third-order valence-electron chi connectivity index (χ3n) is 4.65. The Kier molecular flexibility index (Phi) is 6.11. The predicted octanol–water partition coefficient (Wildman–Crippen LogP) is 3.54. The molecule has 0 radical (unpaired) electrons. The Labute approximate surface area is 165 Å². The molecule has 0 spiro atoms. The molecule has 146 valence electrons. The average Bonchev–Trinajstić information content (AvgIpc) is 3.16. The van der Waals surface area contributed by atoms with E-state index < -0.39 is 0 Å². The Balaban J connectivity index is 2.02. The van der Waals surface area contributed by atoms with Crippen molar-refractivity contribution < 1.29 is 14.3 Å². The molecule has 6 heteroatoms. The summed E-state index contributed by atoms with van der Waals surface area (Å²) in [7, 11) is 3.22. The first-order chi connectivity index (χ1) is 13.5. The number of carbonyl (C=O) groups is 1. The van der Waals surface area contributed by atoms with Crippen molar-refractivity contribution in [1.29, 1.82) is 0 Å². The molecular weight excluding hydrogens is 354 g/mol. The molecule has 6 nitrogen and oxygen atoms in total. The number of aryl methyl sites for hydroxylation is 2. The van der Waals surface area contributed by atoms with E-state index >= 15 is 0 Å². The summed E-state index contributed by atoms with van der Waals surface area (Å²) in [5.74, 6) is 0.548. The van der Waals surface area contributed by atoms with Crippen molar-refractivity contribution >= 4 is 5.91 Å². The minimum absolute atomic E-state index is 0.199. The topological polar surface area (TPSA) is 65.4 Å². The Bertz CT molecular complexity index is 962. The molecule has 0 aliphatic heterocycles. The lowest BCUT2D eigenvalue weighted by Crippen LogP contribution is -2.28. The average molecular weight is 379 g/mol. The minimum atomic E-state index is -0.199. The SMILES string of the molecule is COCCNC(=O)c1cc(-c2ccc(C)c(C)c2)nn1-c1ccc(OC)cc1. The number of hydrogen-bond donors (Lipinski definition) is 1. The van der Waals surface area contributed by atoms with Crippen LogP contribution in [0.3, 0.4) is 0 Å². The predicted molar refractivity (Wildman–Crippen MR) is 109 cm³/mol. The molecule has 1 heterocycles. The van der Waals surface area contributed by atoms with Gasteiger partial charge in [0.05, 0.1) is 25.1 Å². The van der Waals surface area contributed by atoms with Gasteiger partial charge in [-0.1, -0.05) is 12.1 Å². The van der Waals surface area contributed by atoms with Crippen LogP contribution in [0.5, 0.6) is 5.75 Å². The second-order valence-corrected chi connectivity index (χ2v) is 6.57. The molecule has 0 atom stereocenters. The van der Waals surface area contributed by atoms with E-state index in [1.54, 1.807) is 18.9 Å². The fourth-order valence-corrected chi connectivity index (χ4v) is 2.86. The molecule has 1 amide bonds. The number of nitrogens with one attached hydrogen (secondary N) is 1.